The van der Waals surface area contributed by atoms with E-state index in [2.05, 4.69) is 4.72 Å². The fourth-order valence-corrected chi connectivity index (χ4v) is 8.55. The highest BCUT2D eigenvalue weighted by atomic mass is 35.5. The maximum atomic E-state index is 13.2. The summed E-state index contributed by atoms with van der Waals surface area (Å²) in [7, 11) is -4.02. The molecule has 4 saturated carbocycles. The fraction of sp³-hybridized carbons (Fsp3) is 0.636. The van der Waals surface area contributed by atoms with Gasteiger partial charge in [-0.05, 0) is 87.8 Å². The normalized spacial score (nSPS) is 32.3. The number of amides is 1. The van der Waals surface area contributed by atoms with Crippen LogP contribution in [0.2, 0.25) is 10.0 Å². The third-order valence-corrected chi connectivity index (χ3v) is 10.1. The summed E-state index contributed by atoms with van der Waals surface area (Å²) in [5, 5.41) is 0.330. The molecule has 4 fully saturated rings. The van der Waals surface area contributed by atoms with Gasteiger partial charge in [0.05, 0.1) is 10.6 Å². The number of ketones is 1. The zero-order valence-electron chi connectivity index (χ0n) is 17.7. The van der Waals surface area contributed by atoms with Gasteiger partial charge < -0.3 is 5.73 Å². The first-order valence-corrected chi connectivity index (χ1v) is 12.9. The first-order valence-electron chi connectivity index (χ1n) is 10.7. The first-order chi connectivity index (χ1) is 14.3. The van der Waals surface area contributed by atoms with Crippen molar-refractivity contribution in [1.82, 2.24) is 4.72 Å². The van der Waals surface area contributed by atoms with Gasteiger partial charge in [0.15, 0.2) is 5.78 Å². The molecule has 3 N–H and O–H groups in total. The summed E-state index contributed by atoms with van der Waals surface area (Å²) in [4.78, 5) is 25.3. The topological polar surface area (TPSA) is 106 Å². The molecule has 31 heavy (non-hydrogen) atoms. The largest absolute Gasteiger partial charge is 0.369 e. The lowest BCUT2D eigenvalue weighted by Crippen LogP contribution is -2.57. The van der Waals surface area contributed by atoms with E-state index in [1.54, 1.807) is 13.8 Å². The number of primary amides is 1. The zero-order chi connectivity index (χ0) is 22.8. The van der Waals surface area contributed by atoms with Gasteiger partial charge in [-0.1, -0.05) is 23.2 Å². The van der Waals surface area contributed by atoms with Gasteiger partial charge in [0.25, 0.3) is 0 Å². The molecule has 4 aliphatic carbocycles. The van der Waals surface area contributed by atoms with Crippen molar-refractivity contribution in [2.24, 2.45) is 34.8 Å². The van der Waals surface area contributed by atoms with Crippen LogP contribution in [0, 0.1) is 29.1 Å². The molecule has 0 heterocycles. The van der Waals surface area contributed by atoms with Crippen LogP contribution in [0.25, 0.3) is 0 Å². The SMILES string of the molecule is CC(C)(NS(=O)(=O)c1ccc(Cl)cc1Cl)C(=O)CC1C2CC3CC1CC(C(N)=O)(C3)C2. The van der Waals surface area contributed by atoms with Crippen molar-refractivity contribution in [2.45, 2.75) is 62.8 Å². The maximum absolute atomic E-state index is 13.2. The average Bonchev–Trinajstić information content (AvgIpc) is 2.62. The molecule has 1 aromatic rings. The molecular formula is C22H28Cl2N2O4S. The van der Waals surface area contributed by atoms with Gasteiger partial charge in [-0.2, -0.15) is 4.72 Å². The third-order valence-electron chi connectivity index (χ3n) is 7.68. The molecule has 0 aromatic heterocycles. The summed E-state index contributed by atoms with van der Waals surface area (Å²) in [6.07, 6.45) is 4.72. The highest BCUT2D eigenvalue weighted by molar-refractivity contribution is 7.89. The van der Waals surface area contributed by atoms with Gasteiger partial charge in [0, 0.05) is 16.9 Å². The van der Waals surface area contributed by atoms with Crippen LogP contribution < -0.4 is 10.5 Å². The minimum absolute atomic E-state index is 0.000960. The van der Waals surface area contributed by atoms with E-state index < -0.39 is 21.0 Å². The van der Waals surface area contributed by atoms with E-state index in [1.165, 1.54) is 18.2 Å². The molecule has 6 nitrogen and oxygen atoms in total. The second kappa shape index (κ2) is 7.72. The van der Waals surface area contributed by atoms with E-state index in [0.29, 0.717) is 29.2 Å². The molecule has 2 atom stereocenters. The number of benzene rings is 1. The van der Waals surface area contributed by atoms with Crippen molar-refractivity contribution >= 4 is 44.9 Å². The summed E-state index contributed by atoms with van der Waals surface area (Å²) < 4.78 is 28.3. The lowest BCUT2D eigenvalue weighted by atomic mass is 9.45. The Bertz CT molecular complexity index is 1020. The Morgan fingerprint density at radius 2 is 1.77 bits per heavy atom. The fourth-order valence-electron chi connectivity index (χ4n) is 6.37. The molecule has 5 rings (SSSR count). The van der Waals surface area contributed by atoms with E-state index in [4.69, 9.17) is 28.9 Å². The lowest BCUT2D eigenvalue weighted by molar-refractivity contribution is -0.152. The minimum atomic E-state index is -4.02. The predicted octanol–water partition coefficient (Wildman–Crippen LogP) is 3.94. The molecule has 1 amide bonds. The summed E-state index contributed by atoms with van der Waals surface area (Å²) in [6, 6.07) is 4.13. The Morgan fingerprint density at radius 1 is 1.16 bits per heavy atom. The summed E-state index contributed by atoms with van der Waals surface area (Å²) in [5.74, 6) is 0.896. The Morgan fingerprint density at radius 3 is 2.32 bits per heavy atom. The van der Waals surface area contributed by atoms with Crippen molar-refractivity contribution in [1.29, 1.82) is 0 Å². The molecular weight excluding hydrogens is 459 g/mol. The summed E-state index contributed by atoms with van der Waals surface area (Å²) in [6.45, 7) is 3.16. The highest BCUT2D eigenvalue weighted by Gasteiger charge is 2.58. The molecule has 2 unspecified atom stereocenters. The Kier molecular flexibility index (Phi) is 5.73. The first kappa shape index (κ1) is 23.0. The number of sulfonamides is 1. The maximum Gasteiger partial charge on any atom is 0.242 e. The van der Waals surface area contributed by atoms with Gasteiger partial charge in [-0.3, -0.25) is 9.59 Å². The van der Waals surface area contributed by atoms with E-state index in [0.717, 1.165) is 32.1 Å². The molecule has 0 saturated heterocycles. The van der Waals surface area contributed by atoms with Crippen molar-refractivity contribution < 1.29 is 18.0 Å². The number of carbonyl (C=O) groups excluding carboxylic acids is 2. The number of nitrogens with one attached hydrogen (secondary N) is 1. The average molecular weight is 487 g/mol. The van der Waals surface area contributed by atoms with Gasteiger partial charge >= 0.3 is 0 Å². The minimum Gasteiger partial charge on any atom is -0.369 e. The number of rotatable bonds is 7. The summed E-state index contributed by atoms with van der Waals surface area (Å²) >= 11 is 11.9. The van der Waals surface area contributed by atoms with Gasteiger partial charge in [-0.25, -0.2) is 8.42 Å². The van der Waals surface area contributed by atoms with Crippen LogP contribution in [0.1, 0.15) is 52.4 Å². The molecule has 4 aliphatic rings. The van der Waals surface area contributed by atoms with Crippen molar-refractivity contribution in [3.05, 3.63) is 28.2 Å². The number of hydrogen-bond acceptors (Lipinski definition) is 4. The quantitative estimate of drug-likeness (QED) is 0.608. The second-order valence-corrected chi connectivity index (χ2v) is 12.7. The van der Waals surface area contributed by atoms with Crippen LogP contribution >= 0.6 is 23.2 Å². The Hall–Kier alpha value is -1.15. The van der Waals surface area contributed by atoms with E-state index >= 15 is 0 Å². The second-order valence-electron chi connectivity index (χ2n) is 10.2. The predicted molar refractivity (Wildman–Crippen MR) is 119 cm³/mol. The molecule has 0 aliphatic heterocycles. The van der Waals surface area contributed by atoms with Crippen LogP contribution in [0.5, 0.6) is 0 Å². The van der Waals surface area contributed by atoms with Gasteiger partial charge in [0.2, 0.25) is 15.9 Å². The van der Waals surface area contributed by atoms with Crippen molar-refractivity contribution in [3.8, 4) is 0 Å². The molecule has 0 spiro atoms. The van der Waals surface area contributed by atoms with Crippen molar-refractivity contribution in [2.75, 3.05) is 0 Å². The number of halogens is 2. The molecule has 9 heteroatoms. The van der Waals surface area contributed by atoms with Crippen molar-refractivity contribution in [3.63, 3.8) is 0 Å². The van der Waals surface area contributed by atoms with E-state index in [9.17, 15) is 18.0 Å². The van der Waals surface area contributed by atoms with Gasteiger partial charge in [-0.15, -0.1) is 0 Å². The molecule has 170 valence electrons. The van der Waals surface area contributed by atoms with Gasteiger partial charge in [0.1, 0.15) is 4.90 Å². The zero-order valence-corrected chi connectivity index (χ0v) is 20.0. The Labute approximate surface area is 193 Å². The number of Topliss-reactive ketones (excluding diaryl/α,β-unsaturated/α-hetero) is 1. The van der Waals surface area contributed by atoms with Crippen LogP contribution in [-0.2, 0) is 19.6 Å². The highest BCUT2D eigenvalue weighted by Crippen LogP contribution is 2.62. The lowest BCUT2D eigenvalue weighted by Gasteiger charge is -2.59. The van der Waals surface area contributed by atoms with Crippen LogP contribution in [-0.4, -0.2) is 25.6 Å². The number of nitrogens with two attached hydrogens (primary N) is 1. The smallest absolute Gasteiger partial charge is 0.242 e. The van der Waals surface area contributed by atoms with E-state index in [-0.39, 0.29) is 27.5 Å². The van der Waals surface area contributed by atoms with Crippen LogP contribution in [0.15, 0.2) is 23.1 Å². The number of hydrogen-bond donors (Lipinski definition) is 2. The van der Waals surface area contributed by atoms with Crippen LogP contribution in [0.4, 0.5) is 0 Å². The Balaban J connectivity index is 1.49. The summed E-state index contributed by atoms with van der Waals surface area (Å²) in [5.41, 5.74) is 4.05. The van der Waals surface area contributed by atoms with E-state index in [1.807, 2.05) is 0 Å². The molecule has 0 radical (unpaired) electrons. The standard InChI is InChI=1S/C22H28Cl2N2O4S/c1-21(2,26-31(29,30)18-4-3-15(23)7-17(18)24)19(27)8-16-13-5-12-6-14(16)11-22(9-12,10-13)20(25)28/h3-4,7,12-14,16,26H,5-6,8-11H2,1-2H3,(H2,25,28). The molecule has 1 aromatic carbocycles. The third kappa shape index (κ3) is 4.14. The monoisotopic (exact) mass is 486 g/mol. The van der Waals surface area contributed by atoms with Crippen LogP contribution in [0.3, 0.4) is 0 Å². The number of carbonyl (C=O) groups is 2. The molecule has 4 bridgehead atoms.